The molecule has 0 saturated carbocycles. The van der Waals surface area contributed by atoms with Gasteiger partial charge in [0.1, 0.15) is 16.4 Å². The van der Waals surface area contributed by atoms with Gasteiger partial charge in [-0.3, -0.25) is 4.31 Å². The van der Waals surface area contributed by atoms with E-state index in [4.69, 9.17) is 21.1 Å². The van der Waals surface area contributed by atoms with Crippen LogP contribution in [-0.2, 0) is 10.0 Å². The van der Waals surface area contributed by atoms with E-state index in [9.17, 15) is 8.42 Å². The molecule has 150 valence electrons. The number of hydrogen-bond acceptors (Lipinski definition) is 4. The van der Waals surface area contributed by atoms with E-state index >= 15 is 0 Å². The summed E-state index contributed by atoms with van der Waals surface area (Å²) in [6.45, 7) is 1.87. The molecule has 5 nitrogen and oxygen atoms in total. The van der Waals surface area contributed by atoms with Gasteiger partial charge in [0.25, 0.3) is 10.0 Å². The first-order chi connectivity index (χ1) is 13.9. The SMILES string of the molecule is COc1ccc(S(=O)(=O)N2c3cccc(Cl)c3-c3ccccc3C2C)c(OC)c1. The summed E-state index contributed by atoms with van der Waals surface area (Å²) >= 11 is 6.51. The van der Waals surface area contributed by atoms with Gasteiger partial charge in [-0.25, -0.2) is 8.42 Å². The molecule has 1 aliphatic heterocycles. The van der Waals surface area contributed by atoms with Crippen LogP contribution in [0.5, 0.6) is 11.5 Å². The van der Waals surface area contributed by atoms with Gasteiger partial charge in [0.2, 0.25) is 0 Å². The van der Waals surface area contributed by atoms with Crippen LogP contribution in [-0.4, -0.2) is 22.6 Å². The third kappa shape index (κ3) is 3.03. The zero-order chi connectivity index (χ0) is 20.8. The smallest absolute Gasteiger partial charge is 0.268 e. The summed E-state index contributed by atoms with van der Waals surface area (Å²) in [4.78, 5) is 0.0676. The first-order valence-electron chi connectivity index (χ1n) is 9.04. The van der Waals surface area contributed by atoms with Gasteiger partial charge in [-0.15, -0.1) is 0 Å². The fourth-order valence-electron chi connectivity index (χ4n) is 3.82. The Bertz CT molecular complexity index is 1190. The predicted molar refractivity (Wildman–Crippen MR) is 115 cm³/mol. The van der Waals surface area contributed by atoms with Crippen LogP contribution in [0.15, 0.2) is 65.6 Å². The van der Waals surface area contributed by atoms with Crippen LogP contribution in [0.25, 0.3) is 11.1 Å². The van der Waals surface area contributed by atoms with Crippen LogP contribution in [0.2, 0.25) is 5.02 Å². The van der Waals surface area contributed by atoms with Crippen molar-refractivity contribution in [3.8, 4) is 22.6 Å². The Labute approximate surface area is 175 Å². The number of ether oxygens (including phenoxy) is 2. The number of hydrogen-bond donors (Lipinski definition) is 0. The van der Waals surface area contributed by atoms with Crippen molar-refractivity contribution in [3.63, 3.8) is 0 Å². The van der Waals surface area contributed by atoms with Crippen molar-refractivity contribution in [2.24, 2.45) is 0 Å². The third-order valence-electron chi connectivity index (χ3n) is 5.17. The topological polar surface area (TPSA) is 55.8 Å². The van der Waals surface area contributed by atoms with Crippen molar-refractivity contribution in [1.29, 1.82) is 0 Å². The van der Waals surface area contributed by atoms with Crippen molar-refractivity contribution in [2.75, 3.05) is 18.5 Å². The zero-order valence-corrected chi connectivity index (χ0v) is 17.8. The molecule has 0 radical (unpaired) electrons. The number of methoxy groups -OCH3 is 2. The van der Waals surface area contributed by atoms with Crippen molar-refractivity contribution in [3.05, 3.63) is 71.2 Å². The minimum Gasteiger partial charge on any atom is -0.497 e. The van der Waals surface area contributed by atoms with Gasteiger partial charge in [-0.1, -0.05) is 41.9 Å². The number of sulfonamides is 1. The van der Waals surface area contributed by atoms with E-state index < -0.39 is 16.1 Å². The molecule has 0 N–H and O–H groups in total. The summed E-state index contributed by atoms with van der Waals surface area (Å²) in [5.74, 6) is 0.736. The lowest BCUT2D eigenvalue weighted by Gasteiger charge is -2.38. The Kier molecular flexibility index (Phi) is 4.92. The van der Waals surface area contributed by atoms with Crippen LogP contribution < -0.4 is 13.8 Å². The molecular weight excluding hydrogens is 410 g/mol. The van der Waals surface area contributed by atoms with Gasteiger partial charge in [0.05, 0.1) is 31.0 Å². The first-order valence-corrected chi connectivity index (χ1v) is 10.9. The number of benzene rings is 3. The number of fused-ring (bicyclic) bond motifs is 3. The van der Waals surface area contributed by atoms with Crippen molar-refractivity contribution in [2.45, 2.75) is 17.9 Å². The van der Waals surface area contributed by atoms with Crippen LogP contribution in [0, 0.1) is 0 Å². The van der Waals surface area contributed by atoms with Gasteiger partial charge in [0.15, 0.2) is 0 Å². The Morgan fingerprint density at radius 2 is 1.72 bits per heavy atom. The lowest BCUT2D eigenvalue weighted by atomic mass is 9.90. The first kappa shape index (κ1) is 19.6. The van der Waals surface area contributed by atoms with Crippen molar-refractivity contribution >= 4 is 27.3 Å². The summed E-state index contributed by atoms with van der Waals surface area (Å²) < 4.78 is 39.6. The molecule has 0 fully saturated rings. The second-order valence-electron chi connectivity index (χ2n) is 6.71. The molecule has 0 amide bonds. The highest BCUT2D eigenvalue weighted by molar-refractivity contribution is 7.93. The molecule has 0 aliphatic carbocycles. The molecule has 0 saturated heterocycles. The zero-order valence-electron chi connectivity index (χ0n) is 16.2. The molecule has 29 heavy (non-hydrogen) atoms. The quantitative estimate of drug-likeness (QED) is 0.565. The van der Waals surface area contributed by atoms with Crippen LogP contribution in [0.4, 0.5) is 5.69 Å². The number of halogens is 1. The summed E-state index contributed by atoms with van der Waals surface area (Å²) in [5.41, 5.74) is 3.08. The molecule has 3 aromatic rings. The summed E-state index contributed by atoms with van der Waals surface area (Å²) in [5, 5.41) is 0.503. The van der Waals surface area contributed by atoms with E-state index in [2.05, 4.69) is 0 Å². The van der Waals surface area contributed by atoms with E-state index in [1.807, 2.05) is 31.2 Å². The highest BCUT2D eigenvalue weighted by atomic mass is 35.5. The minimum atomic E-state index is -3.96. The van der Waals surface area contributed by atoms with Crippen molar-refractivity contribution < 1.29 is 17.9 Å². The molecule has 4 rings (SSSR count). The van der Waals surface area contributed by atoms with Gasteiger partial charge in [-0.2, -0.15) is 0 Å². The highest BCUT2D eigenvalue weighted by Crippen LogP contribution is 2.50. The van der Waals surface area contributed by atoms with Crippen molar-refractivity contribution in [1.82, 2.24) is 0 Å². The molecule has 1 heterocycles. The lowest BCUT2D eigenvalue weighted by molar-refractivity contribution is 0.386. The van der Waals surface area contributed by atoms with E-state index in [0.717, 1.165) is 11.1 Å². The van der Waals surface area contributed by atoms with Gasteiger partial charge in [-0.05, 0) is 42.3 Å². The van der Waals surface area contributed by atoms with Gasteiger partial charge in [0, 0.05) is 11.6 Å². The number of nitrogens with zero attached hydrogens (tertiary/aromatic N) is 1. The Morgan fingerprint density at radius 1 is 0.966 bits per heavy atom. The average Bonchev–Trinajstić information content (AvgIpc) is 2.73. The van der Waals surface area contributed by atoms with Gasteiger partial charge < -0.3 is 9.47 Å². The molecule has 0 aromatic heterocycles. The highest BCUT2D eigenvalue weighted by Gasteiger charge is 2.38. The second-order valence-corrected chi connectivity index (χ2v) is 8.91. The van der Waals surface area contributed by atoms with E-state index in [0.29, 0.717) is 22.0 Å². The van der Waals surface area contributed by atoms with E-state index in [-0.39, 0.29) is 10.6 Å². The molecule has 7 heteroatoms. The van der Waals surface area contributed by atoms with Crippen LogP contribution >= 0.6 is 11.6 Å². The Morgan fingerprint density at radius 3 is 2.45 bits per heavy atom. The third-order valence-corrected chi connectivity index (χ3v) is 7.41. The van der Waals surface area contributed by atoms with Crippen LogP contribution in [0.1, 0.15) is 18.5 Å². The fourth-order valence-corrected chi connectivity index (χ4v) is 5.88. The Hall–Kier alpha value is -2.70. The molecule has 0 spiro atoms. The largest absolute Gasteiger partial charge is 0.497 e. The molecule has 3 aromatic carbocycles. The maximum atomic E-state index is 13.8. The minimum absolute atomic E-state index is 0.0676. The molecule has 1 unspecified atom stereocenters. The Balaban J connectivity index is 1.97. The maximum absolute atomic E-state index is 13.8. The number of anilines is 1. The molecule has 0 bridgehead atoms. The molecule has 1 aliphatic rings. The van der Waals surface area contributed by atoms with Crippen LogP contribution in [0.3, 0.4) is 0 Å². The van der Waals surface area contributed by atoms with E-state index in [1.54, 1.807) is 30.3 Å². The predicted octanol–water partition coefficient (Wildman–Crippen LogP) is 5.29. The average molecular weight is 430 g/mol. The standard InChI is InChI=1S/C22H20ClNO4S/c1-14-16-7-4-5-8-17(16)22-18(23)9-6-10-19(22)24(14)29(25,26)21-12-11-15(27-2)13-20(21)28-3/h4-14H,1-3H3. The fraction of sp³-hybridized carbons (Fsp3) is 0.182. The molecular formula is C22H20ClNO4S. The summed E-state index contributed by atoms with van der Waals surface area (Å²) in [6, 6.07) is 17.3. The van der Waals surface area contributed by atoms with E-state index in [1.165, 1.54) is 24.6 Å². The lowest BCUT2D eigenvalue weighted by Crippen LogP contribution is -2.36. The van der Waals surface area contributed by atoms with Gasteiger partial charge >= 0.3 is 0 Å². The normalized spacial score (nSPS) is 15.4. The maximum Gasteiger partial charge on any atom is 0.268 e. The molecule has 1 atom stereocenters. The summed E-state index contributed by atoms with van der Waals surface area (Å²) in [6.07, 6.45) is 0. The monoisotopic (exact) mass is 429 g/mol. The number of rotatable bonds is 4. The second kappa shape index (κ2) is 7.28. The summed E-state index contributed by atoms with van der Waals surface area (Å²) in [7, 11) is -1.00.